The van der Waals surface area contributed by atoms with Crippen molar-refractivity contribution in [1.82, 2.24) is 19.8 Å². The fourth-order valence-electron chi connectivity index (χ4n) is 3.58. The van der Waals surface area contributed by atoms with Gasteiger partial charge in [-0.3, -0.25) is 14.6 Å². The van der Waals surface area contributed by atoms with Crippen LogP contribution in [0.25, 0.3) is 10.2 Å². The van der Waals surface area contributed by atoms with Gasteiger partial charge in [0, 0.05) is 37.6 Å². The summed E-state index contributed by atoms with van der Waals surface area (Å²) in [5, 5.41) is 0.724. The van der Waals surface area contributed by atoms with E-state index in [4.69, 9.17) is 4.74 Å². The van der Waals surface area contributed by atoms with Gasteiger partial charge in [0.2, 0.25) is 0 Å². The summed E-state index contributed by atoms with van der Waals surface area (Å²) in [6, 6.07) is 6.11. The van der Waals surface area contributed by atoms with E-state index in [1.807, 2.05) is 13.8 Å². The quantitative estimate of drug-likeness (QED) is 0.670. The Morgan fingerprint density at radius 2 is 1.83 bits per heavy atom. The Hall–Kier alpha value is -2.29. The molecule has 0 spiro atoms. The highest BCUT2D eigenvalue weighted by Gasteiger charge is 2.19. The van der Waals surface area contributed by atoms with Crippen LogP contribution >= 0.6 is 11.3 Å². The maximum absolute atomic E-state index is 12.9. The Labute approximate surface area is 172 Å². The fourth-order valence-corrected chi connectivity index (χ4v) is 4.63. The van der Waals surface area contributed by atoms with Crippen molar-refractivity contribution in [2.45, 2.75) is 20.4 Å². The molecule has 0 unspecified atom stereocenters. The lowest BCUT2D eigenvalue weighted by atomic mass is 10.2. The first-order valence-electron chi connectivity index (χ1n) is 9.81. The van der Waals surface area contributed by atoms with Gasteiger partial charge in [-0.2, -0.15) is 0 Å². The SMILES string of the molecule is Cc1sc2nc(CN3CCN(CCOc4ccc(F)cc4)CC3)[nH]c(=O)c2c1C. The highest BCUT2D eigenvalue weighted by Crippen LogP contribution is 2.25. The average Bonchev–Trinajstić information content (AvgIpc) is 2.99. The van der Waals surface area contributed by atoms with E-state index in [1.165, 1.54) is 12.1 Å². The first kappa shape index (κ1) is 20.0. The predicted octanol–water partition coefficient (Wildman–Crippen LogP) is 2.94. The fraction of sp³-hybridized carbons (Fsp3) is 0.429. The summed E-state index contributed by atoms with van der Waals surface area (Å²) in [5.74, 6) is 1.17. The zero-order chi connectivity index (χ0) is 20.4. The molecule has 1 aliphatic rings. The topological polar surface area (TPSA) is 61.5 Å². The van der Waals surface area contributed by atoms with Crippen LogP contribution in [-0.2, 0) is 6.54 Å². The zero-order valence-electron chi connectivity index (χ0n) is 16.7. The first-order valence-corrected chi connectivity index (χ1v) is 10.6. The zero-order valence-corrected chi connectivity index (χ0v) is 17.5. The molecular weight excluding hydrogens is 391 g/mol. The van der Waals surface area contributed by atoms with E-state index in [-0.39, 0.29) is 11.4 Å². The van der Waals surface area contributed by atoms with E-state index in [1.54, 1.807) is 23.5 Å². The van der Waals surface area contributed by atoms with Crippen LogP contribution in [-0.4, -0.2) is 59.1 Å². The Kier molecular flexibility index (Phi) is 5.94. The van der Waals surface area contributed by atoms with Crippen molar-refractivity contribution < 1.29 is 9.13 Å². The molecule has 4 rings (SSSR count). The third-order valence-electron chi connectivity index (χ3n) is 5.42. The standard InChI is InChI=1S/C21H25FN4O2S/c1-14-15(2)29-21-19(14)20(27)23-18(24-21)13-26-9-7-25(8-10-26)11-12-28-17-5-3-16(22)4-6-17/h3-6H,7-13H2,1-2H3,(H,23,24,27). The maximum atomic E-state index is 12.9. The minimum atomic E-state index is -0.257. The molecule has 8 heteroatoms. The van der Waals surface area contributed by atoms with E-state index in [2.05, 4.69) is 19.8 Å². The van der Waals surface area contributed by atoms with Crippen molar-refractivity contribution in [3.05, 3.63) is 56.7 Å². The second kappa shape index (κ2) is 8.61. The molecular formula is C21H25FN4O2S. The van der Waals surface area contributed by atoms with Crippen LogP contribution in [0.5, 0.6) is 5.75 Å². The molecule has 3 heterocycles. The number of fused-ring (bicyclic) bond motifs is 1. The summed E-state index contributed by atoms with van der Waals surface area (Å²) in [6.07, 6.45) is 0. The van der Waals surface area contributed by atoms with Crippen LogP contribution < -0.4 is 10.3 Å². The Balaban J connectivity index is 1.27. The minimum absolute atomic E-state index is 0.0385. The highest BCUT2D eigenvalue weighted by molar-refractivity contribution is 7.18. The lowest BCUT2D eigenvalue weighted by Crippen LogP contribution is -2.47. The van der Waals surface area contributed by atoms with Gasteiger partial charge in [0.1, 0.15) is 28.8 Å². The van der Waals surface area contributed by atoms with Gasteiger partial charge < -0.3 is 9.72 Å². The molecule has 0 amide bonds. The molecule has 1 saturated heterocycles. The van der Waals surface area contributed by atoms with Crippen LogP contribution in [0.3, 0.4) is 0 Å². The van der Waals surface area contributed by atoms with Crippen LogP contribution in [0.4, 0.5) is 4.39 Å². The van der Waals surface area contributed by atoms with Crippen LogP contribution in [0.1, 0.15) is 16.3 Å². The van der Waals surface area contributed by atoms with E-state index >= 15 is 0 Å². The van der Waals surface area contributed by atoms with Gasteiger partial charge in [-0.15, -0.1) is 11.3 Å². The van der Waals surface area contributed by atoms with Crippen molar-refractivity contribution in [2.75, 3.05) is 39.3 Å². The molecule has 0 aliphatic carbocycles. The number of ether oxygens (including phenoxy) is 1. The number of hydrogen-bond donors (Lipinski definition) is 1. The van der Waals surface area contributed by atoms with Gasteiger partial charge in [0.05, 0.1) is 11.9 Å². The number of benzene rings is 1. The van der Waals surface area contributed by atoms with Crippen molar-refractivity contribution in [1.29, 1.82) is 0 Å². The molecule has 0 radical (unpaired) electrons. The van der Waals surface area contributed by atoms with Crippen molar-refractivity contribution in [3.8, 4) is 5.75 Å². The molecule has 3 aromatic rings. The first-order chi connectivity index (χ1) is 14.0. The van der Waals surface area contributed by atoms with E-state index in [9.17, 15) is 9.18 Å². The molecule has 1 fully saturated rings. The Morgan fingerprint density at radius 3 is 2.55 bits per heavy atom. The molecule has 29 heavy (non-hydrogen) atoms. The van der Waals surface area contributed by atoms with Crippen molar-refractivity contribution in [3.63, 3.8) is 0 Å². The number of halogens is 1. The van der Waals surface area contributed by atoms with Crippen molar-refractivity contribution >= 4 is 21.6 Å². The lowest BCUT2D eigenvalue weighted by molar-refractivity contribution is 0.111. The number of hydrogen-bond acceptors (Lipinski definition) is 6. The third kappa shape index (κ3) is 4.66. The van der Waals surface area contributed by atoms with Gasteiger partial charge in [-0.25, -0.2) is 9.37 Å². The molecule has 6 nitrogen and oxygen atoms in total. The van der Waals surface area contributed by atoms with Gasteiger partial charge in [0.25, 0.3) is 5.56 Å². The molecule has 0 atom stereocenters. The Morgan fingerprint density at radius 1 is 1.14 bits per heavy atom. The molecule has 1 aliphatic heterocycles. The van der Waals surface area contributed by atoms with Gasteiger partial charge in [0.15, 0.2) is 0 Å². The van der Waals surface area contributed by atoms with E-state index in [0.29, 0.717) is 18.9 Å². The molecule has 1 aromatic carbocycles. The third-order valence-corrected chi connectivity index (χ3v) is 6.52. The summed E-state index contributed by atoms with van der Waals surface area (Å²) in [5.41, 5.74) is 0.991. The van der Waals surface area contributed by atoms with Crippen molar-refractivity contribution in [2.24, 2.45) is 0 Å². The lowest BCUT2D eigenvalue weighted by Gasteiger charge is -2.34. The summed E-state index contributed by atoms with van der Waals surface area (Å²) >= 11 is 1.58. The number of H-pyrrole nitrogens is 1. The number of thiophene rings is 1. The largest absolute Gasteiger partial charge is 0.492 e. The summed E-state index contributed by atoms with van der Waals surface area (Å²) in [6.45, 7) is 9.79. The van der Waals surface area contributed by atoms with E-state index < -0.39 is 0 Å². The summed E-state index contributed by atoms with van der Waals surface area (Å²) in [7, 11) is 0. The number of piperazine rings is 1. The molecule has 0 bridgehead atoms. The maximum Gasteiger partial charge on any atom is 0.259 e. The average molecular weight is 417 g/mol. The van der Waals surface area contributed by atoms with Crippen LogP contribution in [0.2, 0.25) is 0 Å². The number of rotatable bonds is 6. The number of nitrogens with one attached hydrogen (secondary N) is 1. The second-order valence-electron chi connectivity index (χ2n) is 7.40. The number of aryl methyl sites for hydroxylation is 2. The molecule has 154 valence electrons. The summed E-state index contributed by atoms with van der Waals surface area (Å²) < 4.78 is 18.6. The normalized spacial score (nSPS) is 15.8. The van der Waals surface area contributed by atoms with Gasteiger partial charge >= 0.3 is 0 Å². The van der Waals surface area contributed by atoms with Crippen LogP contribution in [0.15, 0.2) is 29.1 Å². The Bertz CT molecular complexity index is 1040. The smallest absolute Gasteiger partial charge is 0.259 e. The molecule has 0 saturated carbocycles. The summed E-state index contributed by atoms with van der Waals surface area (Å²) in [4.78, 5) is 26.7. The highest BCUT2D eigenvalue weighted by atomic mass is 32.1. The second-order valence-corrected chi connectivity index (χ2v) is 8.60. The van der Waals surface area contributed by atoms with Gasteiger partial charge in [-0.05, 0) is 43.7 Å². The number of aromatic nitrogens is 2. The van der Waals surface area contributed by atoms with Gasteiger partial charge in [-0.1, -0.05) is 0 Å². The minimum Gasteiger partial charge on any atom is -0.492 e. The monoisotopic (exact) mass is 416 g/mol. The molecule has 1 N–H and O–H groups in total. The number of nitrogens with zero attached hydrogens (tertiary/aromatic N) is 3. The number of aromatic amines is 1. The predicted molar refractivity (Wildman–Crippen MR) is 113 cm³/mol. The molecule has 2 aromatic heterocycles. The van der Waals surface area contributed by atoms with Crippen LogP contribution in [0, 0.1) is 19.7 Å². The van der Waals surface area contributed by atoms with E-state index in [0.717, 1.165) is 59.2 Å².